The van der Waals surface area contributed by atoms with E-state index in [1.54, 1.807) is 12.1 Å². The molecule has 0 atom stereocenters. The van der Waals surface area contributed by atoms with Crippen LogP contribution in [-0.4, -0.2) is 17.5 Å². The molecule has 108 valence electrons. The van der Waals surface area contributed by atoms with Crippen molar-refractivity contribution >= 4 is 27.5 Å². The topological polar surface area (TPSA) is 77.2 Å². The number of rotatable bonds is 3. The molecule has 0 saturated carbocycles. The van der Waals surface area contributed by atoms with Gasteiger partial charge >= 0.3 is 0 Å². The molecule has 0 fully saturated rings. The highest BCUT2D eigenvalue weighted by atomic mass is 79.9. The normalized spacial score (nSPS) is 12.6. The van der Waals surface area contributed by atoms with Crippen LogP contribution in [0.4, 0.5) is 5.69 Å². The number of anilines is 1. The average Bonchev–Trinajstić information content (AvgIpc) is 2.93. The number of nitrogens with two attached hydrogens (primary N) is 1. The van der Waals surface area contributed by atoms with E-state index in [-0.39, 0.29) is 5.91 Å². The summed E-state index contributed by atoms with van der Waals surface area (Å²) in [6, 6.07) is 7.27. The third kappa shape index (κ3) is 3.00. The first-order valence-electron chi connectivity index (χ1n) is 6.57. The number of carbonyl (C=O) groups excluding carboxylic acids is 1. The summed E-state index contributed by atoms with van der Waals surface area (Å²) in [7, 11) is 0. The first kappa shape index (κ1) is 13.9. The van der Waals surface area contributed by atoms with Crippen molar-refractivity contribution in [3.05, 3.63) is 51.8 Å². The van der Waals surface area contributed by atoms with E-state index in [1.165, 1.54) is 11.8 Å². The van der Waals surface area contributed by atoms with Gasteiger partial charge in [-0.25, -0.2) is 4.98 Å². The van der Waals surface area contributed by atoms with Crippen molar-refractivity contribution in [2.45, 2.75) is 13.0 Å². The summed E-state index contributed by atoms with van der Waals surface area (Å²) in [5, 5.41) is 2.85. The van der Waals surface area contributed by atoms with Gasteiger partial charge < -0.3 is 15.8 Å². The maximum Gasteiger partial charge on any atom is 0.270 e. The summed E-state index contributed by atoms with van der Waals surface area (Å²) in [5.74, 6) is 0.644. The molecule has 1 aliphatic rings. The summed E-state index contributed by atoms with van der Waals surface area (Å²) in [6.45, 7) is 1.08. The quantitative estimate of drug-likeness (QED) is 0.892. The number of aromatic nitrogens is 1. The number of carbonyl (C=O) groups is 1. The number of nitrogens with one attached hydrogen (secondary N) is 1. The Hall–Kier alpha value is -2.08. The molecule has 0 bridgehead atoms. The molecule has 1 aliphatic heterocycles. The fourth-order valence-corrected chi connectivity index (χ4v) is 2.84. The lowest BCUT2D eigenvalue weighted by Crippen LogP contribution is -2.24. The summed E-state index contributed by atoms with van der Waals surface area (Å²) in [5.41, 5.74) is 8.56. The SMILES string of the molecule is Nc1ccc(C(=O)NCc2cc(Br)cc3c2OCC3)nc1. The number of nitrogen functional groups attached to an aromatic ring is 1. The smallest absolute Gasteiger partial charge is 0.270 e. The predicted octanol–water partition coefficient (Wildman–Crippen LogP) is 2.29. The Kier molecular flexibility index (Phi) is 3.79. The van der Waals surface area contributed by atoms with E-state index in [9.17, 15) is 4.79 Å². The zero-order chi connectivity index (χ0) is 14.8. The highest BCUT2D eigenvalue weighted by Crippen LogP contribution is 2.32. The lowest BCUT2D eigenvalue weighted by Gasteiger charge is -2.10. The van der Waals surface area contributed by atoms with Gasteiger partial charge in [-0.2, -0.15) is 0 Å². The summed E-state index contributed by atoms with van der Waals surface area (Å²) in [4.78, 5) is 16.1. The third-order valence-electron chi connectivity index (χ3n) is 3.28. The molecule has 2 aromatic rings. The van der Waals surface area contributed by atoms with E-state index in [0.29, 0.717) is 24.5 Å². The van der Waals surface area contributed by atoms with Crippen molar-refractivity contribution in [2.24, 2.45) is 0 Å². The number of amides is 1. The van der Waals surface area contributed by atoms with Crippen LogP contribution < -0.4 is 15.8 Å². The Labute approximate surface area is 130 Å². The van der Waals surface area contributed by atoms with Crippen molar-refractivity contribution in [2.75, 3.05) is 12.3 Å². The first-order chi connectivity index (χ1) is 10.1. The molecule has 1 aromatic heterocycles. The minimum Gasteiger partial charge on any atom is -0.493 e. The van der Waals surface area contributed by atoms with Crippen molar-refractivity contribution in [3.8, 4) is 5.75 Å². The van der Waals surface area contributed by atoms with Crippen LogP contribution in [0.2, 0.25) is 0 Å². The van der Waals surface area contributed by atoms with Gasteiger partial charge in [0.05, 0.1) is 18.5 Å². The second-order valence-electron chi connectivity index (χ2n) is 4.81. The lowest BCUT2D eigenvalue weighted by molar-refractivity contribution is 0.0946. The number of fused-ring (bicyclic) bond motifs is 1. The van der Waals surface area contributed by atoms with Gasteiger partial charge in [-0.3, -0.25) is 4.79 Å². The number of pyridine rings is 1. The highest BCUT2D eigenvalue weighted by molar-refractivity contribution is 9.10. The molecule has 5 nitrogen and oxygen atoms in total. The number of nitrogens with zero attached hydrogens (tertiary/aromatic N) is 1. The standard InChI is InChI=1S/C15H14BrN3O2/c16-11-5-9-3-4-21-14(9)10(6-11)7-19-15(20)13-2-1-12(17)8-18-13/h1-2,5-6,8H,3-4,7,17H2,(H,19,20). The number of hydrogen-bond acceptors (Lipinski definition) is 4. The van der Waals surface area contributed by atoms with Crippen LogP contribution in [0.5, 0.6) is 5.75 Å². The zero-order valence-corrected chi connectivity index (χ0v) is 12.8. The van der Waals surface area contributed by atoms with Crippen molar-refractivity contribution in [1.29, 1.82) is 0 Å². The van der Waals surface area contributed by atoms with Crippen LogP contribution >= 0.6 is 15.9 Å². The number of benzene rings is 1. The minimum atomic E-state index is -0.235. The second-order valence-corrected chi connectivity index (χ2v) is 5.73. The maximum absolute atomic E-state index is 12.0. The average molecular weight is 348 g/mol. The Morgan fingerprint density at radius 2 is 2.29 bits per heavy atom. The molecule has 0 aliphatic carbocycles. The Morgan fingerprint density at radius 1 is 1.43 bits per heavy atom. The van der Waals surface area contributed by atoms with Gasteiger partial charge in [0.15, 0.2) is 0 Å². The van der Waals surface area contributed by atoms with E-state index in [4.69, 9.17) is 10.5 Å². The zero-order valence-electron chi connectivity index (χ0n) is 11.2. The molecule has 0 radical (unpaired) electrons. The Balaban J connectivity index is 1.73. The van der Waals surface area contributed by atoms with Crippen LogP contribution in [0.3, 0.4) is 0 Å². The molecule has 1 aromatic carbocycles. The highest BCUT2D eigenvalue weighted by Gasteiger charge is 2.18. The van der Waals surface area contributed by atoms with Gasteiger partial charge in [-0.15, -0.1) is 0 Å². The molecule has 0 saturated heterocycles. The first-order valence-corrected chi connectivity index (χ1v) is 7.36. The van der Waals surface area contributed by atoms with E-state index in [0.717, 1.165) is 22.2 Å². The van der Waals surface area contributed by atoms with Crippen LogP contribution in [0.1, 0.15) is 21.6 Å². The molecular weight excluding hydrogens is 334 g/mol. The Bertz CT molecular complexity index is 686. The monoisotopic (exact) mass is 347 g/mol. The molecule has 0 spiro atoms. The van der Waals surface area contributed by atoms with Gasteiger partial charge in [0.2, 0.25) is 0 Å². The molecule has 6 heteroatoms. The van der Waals surface area contributed by atoms with E-state index in [1.807, 2.05) is 6.07 Å². The Morgan fingerprint density at radius 3 is 3.05 bits per heavy atom. The van der Waals surface area contributed by atoms with Gasteiger partial charge in [0, 0.05) is 23.0 Å². The summed E-state index contributed by atoms with van der Waals surface area (Å²) in [6.07, 6.45) is 2.37. The minimum absolute atomic E-state index is 0.235. The molecule has 0 unspecified atom stereocenters. The van der Waals surface area contributed by atoms with Crippen molar-refractivity contribution in [1.82, 2.24) is 10.3 Å². The fourth-order valence-electron chi connectivity index (χ4n) is 2.28. The predicted molar refractivity (Wildman–Crippen MR) is 83.2 cm³/mol. The lowest BCUT2D eigenvalue weighted by atomic mass is 10.1. The van der Waals surface area contributed by atoms with Crippen LogP contribution in [-0.2, 0) is 13.0 Å². The van der Waals surface area contributed by atoms with Crippen molar-refractivity contribution < 1.29 is 9.53 Å². The number of halogens is 1. The molecule has 1 amide bonds. The van der Waals surface area contributed by atoms with Crippen LogP contribution in [0.15, 0.2) is 34.9 Å². The molecule has 21 heavy (non-hydrogen) atoms. The van der Waals surface area contributed by atoms with Gasteiger partial charge in [0.25, 0.3) is 5.91 Å². The van der Waals surface area contributed by atoms with Crippen LogP contribution in [0, 0.1) is 0 Å². The van der Waals surface area contributed by atoms with E-state index >= 15 is 0 Å². The largest absolute Gasteiger partial charge is 0.493 e. The van der Waals surface area contributed by atoms with Gasteiger partial charge in [-0.1, -0.05) is 15.9 Å². The summed E-state index contributed by atoms with van der Waals surface area (Å²) >= 11 is 3.48. The maximum atomic E-state index is 12.0. The summed E-state index contributed by atoms with van der Waals surface area (Å²) < 4.78 is 6.62. The second kappa shape index (κ2) is 5.73. The third-order valence-corrected chi connectivity index (χ3v) is 3.74. The van der Waals surface area contributed by atoms with E-state index < -0.39 is 0 Å². The van der Waals surface area contributed by atoms with Gasteiger partial charge in [0.1, 0.15) is 11.4 Å². The molecule has 3 rings (SSSR count). The molecule has 2 heterocycles. The number of hydrogen-bond donors (Lipinski definition) is 2. The molecule has 3 N–H and O–H groups in total. The van der Waals surface area contributed by atoms with Crippen LogP contribution in [0.25, 0.3) is 0 Å². The fraction of sp³-hybridized carbons (Fsp3) is 0.200. The molecular formula is C15H14BrN3O2. The van der Waals surface area contributed by atoms with Gasteiger partial charge in [-0.05, 0) is 29.8 Å². The van der Waals surface area contributed by atoms with E-state index in [2.05, 4.69) is 32.3 Å². The van der Waals surface area contributed by atoms with Crippen molar-refractivity contribution in [3.63, 3.8) is 0 Å². The number of ether oxygens (including phenoxy) is 1.